The Labute approximate surface area is 151 Å². The lowest BCUT2D eigenvalue weighted by Crippen LogP contribution is -2.69. The molecule has 0 aromatic rings. The average molecular weight is 392 g/mol. The molecule has 0 aromatic carbocycles. The first-order valence-electron chi connectivity index (χ1n) is 7.62. The van der Waals surface area contributed by atoms with Crippen LogP contribution in [0.3, 0.4) is 0 Å². The van der Waals surface area contributed by atoms with Gasteiger partial charge >= 0.3 is 5.97 Å². The molecule has 1 aliphatic rings. The third-order valence-corrected chi connectivity index (χ3v) is 3.98. The number of aliphatic carboxylic acids is 1. The van der Waals surface area contributed by atoms with Crippen LogP contribution in [0.1, 0.15) is 13.3 Å². The van der Waals surface area contributed by atoms with E-state index in [-0.39, 0.29) is 0 Å². The molecule has 27 heavy (non-hydrogen) atoms. The summed E-state index contributed by atoms with van der Waals surface area (Å²) in [6.07, 6.45) is -8.89. The minimum atomic E-state index is -2.99. The number of carbonyl (C=O) groups excluding carboxylic acids is 2. The second-order valence-corrected chi connectivity index (χ2v) is 5.85. The van der Waals surface area contributed by atoms with Crippen molar-refractivity contribution in [2.75, 3.05) is 13.2 Å². The molecular weight excluding hydrogens is 372 g/mol. The van der Waals surface area contributed by atoms with Gasteiger partial charge < -0.3 is 35.4 Å². The molecule has 0 saturated carbocycles. The second-order valence-electron chi connectivity index (χ2n) is 5.85. The van der Waals surface area contributed by atoms with E-state index < -0.39 is 73.6 Å². The van der Waals surface area contributed by atoms with Crippen molar-refractivity contribution in [1.29, 1.82) is 0 Å². The molecule has 2 amide bonds. The summed E-state index contributed by atoms with van der Waals surface area (Å²) in [5.74, 6) is -7.00. The molecule has 1 saturated heterocycles. The van der Waals surface area contributed by atoms with Gasteiger partial charge in [-0.1, -0.05) is 5.11 Å². The van der Waals surface area contributed by atoms with Crippen LogP contribution in [-0.4, -0.2) is 103 Å². The van der Waals surface area contributed by atoms with Gasteiger partial charge in [0.15, 0.2) is 0 Å². The molecule has 1 heterocycles. The van der Waals surface area contributed by atoms with Crippen molar-refractivity contribution in [3.63, 3.8) is 0 Å². The first-order chi connectivity index (χ1) is 12.5. The highest BCUT2D eigenvalue weighted by atomic mass is 16.7. The van der Waals surface area contributed by atoms with Gasteiger partial charge in [0.2, 0.25) is 11.8 Å². The van der Waals surface area contributed by atoms with E-state index in [0.717, 1.165) is 6.92 Å². The molecule has 1 rings (SSSR count). The lowest BCUT2D eigenvalue weighted by Gasteiger charge is -2.47. The first kappa shape index (κ1) is 22.7. The maximum Gasteiger partial charge on any atom is 0.364 e. The van der Waals surface area contributed by atoms with Gasteiger partial charge in [0, 0.05) is 18.3 Å². The monoisotopic (exact) mass is 392 g/mol. The molecule has 0 spiro atoms. The van der Waals surface area contributed by atoms with E-state index in [4.69, 9.17) is 20.5 Å². The molecule has 6 atom stereocenters. The summed E-state index contributed by atoms with van der Waals surface area (Å²) in [7, 11) is 0. The van der Waals surface area contributed by atoms with Crippen LogP contribution < -0.4 is 0 Å². The number of nitrogens with zero attached hydrogens (tertiary/aromatic N) is 4. The Morgan fingerprint density at radius 1 is 1.41 bits per heavy atom. The number of aliphatic hydroxyl groups excluding tert-OH is 4. The molecular formula is C13H20N4O10. The van der Waals surface area contributed by atoms with Gasteiger partial charge in [-0.3, -0.25) is 14.5 Å². The lowest BCUT2D eigenvalue weighted by molar-refractivity contribution is -0.302. The summed E-state index contributed by atoms with van der Waals surface area (Å²) in [5.41, 5.74) is 8.30. The largest absolute Gasteiger partial charge is 0.477 e. The fraction of sp³-hybridized carbons (Fsp3) is 0.769. The number of carboxylic acids is 1. The van der Waals surface area contributed by atoms with Crippen LogP contribution in [0, 0.1) is 0 Å². The molecule has 0 unspecified atom stereocenters. The van der Waals surface area contributed by atoms with E-state index in [1.165, 1.54) is 0 Å². The highest BCUT2D eigenvalue weighted by molar-refractivity contribution is 5.95. The normalized spacial score (nSPS) is 29.9. The smallest absolute Gasteiger partial charge is 0.364 e. The van der Waals surface area contributed by atoms with Crippen LogP contribution in [0.25, 0.3) is 10.4 Å². The number of hydrogen-bond donors (Lipinski definition) is 6. The highest BCUT2D eigenvalue weighted by Crippen LogP contribution is 2.33. The Bertz CT molecular complexity index is 639. The zero-order valence-electron chi connectivity index (χ0n) is 14.1. The number of aliphatic hydroxyl groups is 5. The average Bonchev–Trinajstić information content (AvgIpc) is 2.59. The minimum absolute atomic E-state index is 0.374. The standard InChI is InChI=1S/C13H20N4O10/c1-5(19)17(8(22)3-15-16-14)9-6(20)2-13(26,12(24)25)27-11(9)10(23)7(21)4-18/h6-7,9-11,18,20-21,23,26H,2-4H2,1H3,(H,24,25)/t6-,7+,9+,10+,11+,13-/m0/s1. The van der Waals surface area contributed by atoms with Gasteiger partial charge in [-0.05, 0) is 5.53 Å². The number of imide groups is 1. The zero-order chi connectivity index (χ0) is 20.9. The van der Waals surface area contributed by atoms with Crippen molar-refractivity contribution in [2.45, 2.75) is 49.6 Å². The molecule has 0 radical (unpaired) electrons. The number of carboxylic acid groups (broad SMARTS) is 1. The maximum atomic E-state index is 12.2. The SMILES string of the molecule is CC(=O)N(C(=O)CN=[N+]=[N-])[C@H]1[C@H]([C@H](O)[C@H](O)CO)O[C@](O)(C(=O)O)C[C@@H]1O. The first-order valence-corrected chi connectivity index (χ1v) is 7.62. The summed E-state index contributed by atoms with van der Waals surface area (Å²) in [6, 6.07) is -1.75. The van der Waals surface area contributed by atoms with Crippen LogP contribution in [0.2, 0.25) is 0 Å². The van der Waals surface area contributed by atoms with Gasteiger partial charge in [0.05, 0.1) is 18.8 Å². The van der Waals surface area contributed by atoms with E-state index in [1.807, 2.05) is 0 Å². The fourth-order valence-corrected chi connectivity index (χ4v) is 2.74. The Balaban J connectivity index is 3.39. The quantitative estimate of drug-likeness (QED) is 0.143. The van der Waals surface area contributed by atoms with Crippen molar-refractivity contribution in [3.8, 4) is 0 Å². The lowest BCUT2D eigenvalue weighted by atomic mass is 9.87. The summed E-state index contributed by atoms with van der Waals surface area (Å²) < 4.78 is 4.91. The van der Waals surface area contributed by atoms with E-state index in [1.54, 1.807) is 0 Å². The van der Waals surface area contributed by atoms with Gasteiger partial charge in [-0.15, -0.1) is 0 Å². The summed E-state index contributed by atoms with van der Waals surface area (Å²) in [4.78, 5) is 38.1. The Kier molecular flexibility index (Phi) is 7.62. The second kappa shape index (κ2) is 9.05. The molecule has 1 fully saturated rings. The van der Waals surface area contributed by atoms with Crippen molar-refractivity contribution in [2.24, 2.45) is 5.11 Å². The molecule has 14 nitrogen and oxygen atoms in total. The highest BCUT2D eigenvalue weighted by Gasteiger charge is 2.56. The van der Waals surface area contributed by atoms with Crippen molar-refractivity contribution in [1.82, 2.24) is 4.90 Å². The van der Waals surface area contributed by atoms with Crippen LogP contribution >= 0.6 is 0 Å². The summed E-state index contributed by atoms with van der Waals surface area (Å²) in [6.45, 7) is -0.944. The Morgan fingerprint density at radius 3 is 2.44 bits per heavy atom. The van der Waals surface area contributed by atoms with E-state index in [2.05, 4.69) is 10.0 Å². The van der Waals surface area contributed by atoms with E-state index >= 15 is 0 Å². The number of amides is 2. The Hall–Kier alpha value is -2.32. The predicted octanol–water partition coefficient (Wildman–Crippen LogP) is -3.32. The van der Waals surface area contributed by atoms with Gasteiger partial charge in [0.25, 0.3) is 5.79 Å². The third kappa shape index (κ3) is 4.90. The molecule has 6 N–H and O–H groups in total. The van der Waals surface area contributed by atoms with Gasteiger partial charge in [0.1, 0.15) is 24.9 Å². The van der Waals surface area contributed by atoms with Gasteiger partial charge in [-0.25, -0.2) is 4.79 Å². The van der Waals surface area contributed by atoms with Crippen molar-refractivity contribution in [3.05, 3.63) is 10.4 Å². The molecule has 1 aliphatic heterocycles. The number of ether oxygens (including phenoxy) is 1. The van der Waals surface area contributed by atoms with Gasteiger partial charge in [-0.2, -0.15) is 0 Å². The molecule has 14 heteroatoms. The van der Waals surface area contributed by atoms with Crippen LogP contribution in [-0.2, 0) is 19.1 Å². The molecule has 0 aromatic heterocycles. The summed E-state index contributed by atoms with van der Waals surface area (Å²) >= 11 is 0. The molecule has 0 aliphatic carbocycles. The minimum Gasteiger partial charge on any atom is -0.477 e. The molecule has 152 valence electrons. The van der Waals surface area contributed by atoms with Crippen LogP contribution in [0.5, 0.6) is 0 Å². The number of hydrogen-bond acceptors (Lipinski definition) is 10. The number of azide groups is 1. The topological polar surface area (TPSA) is 234 Å². The van der Waals surface area contributed by atoms with E-state index in [0.29, 0.717) is 4.90 Å². The predicted molar refractivity (Wildman–Crippen MR) is 82.5 cm³/mol. The fourth-order valence-electron chi connectivity index (χ4n) is 2.74. The number of rotatable bonds is 7. The van der Waals surface area contributed by atoms with Crippen LogP contribution in [0.15, 0.2) is 5.11 Å². The van der Waals surface area contributed by atoms with Crippen molar-refractivity contribution < 1.29 is 49.8 Å². The van der Waals surface area contributed by atoms with Crippen LogP contribution in [0.4, 0.5) is 0 Å². The zero-order valence-corrected chi connectivity index (χ0v) is 14.1. The number of carbonyl (C=O) groups is 3. The van der Waals surface area contributed by atoms with E-state index in [9.17, 15) is 34.8 Å². The van der Waals surface area contributed by atoms with Crippen molar-refractivity contribution >= 4 is 17.8 Å². The Morgan fingerprint density at radius 2 is 2.00 bits per heavy atom. The summed E-state index contributed by atoms with van der Waals surface area (Å²) in [5, 5.41) is 61.2. The molecule has 0 bridgehead atoms. The maximum absolute atomic E-state index is 12.2. The third-order valence-electron chi connectivity index (χ3n) is 3.98.